The summed E-state index contributed by atoms with van der Waals surface area (Å²) in [6.07, 6.45) is 9.28. The molecule has 290 valence electrons. The Kier molecular flexibility index (Phi) is 10.6. The van der Waals surface area contributed by atoms with E-state index in [1.165, 1.54) is 38.5 Å². The van der Waals surface area contributed by atoms with E-state index in [1.54, 1.807) is 0 Å². The second-order valence-corrected chi connectivity index (χ2v) is 15.5. The Morgan fingerprint density at radius 1 is 0.603 bits per heavy atom. The van der Waals surface area contributed by atoms with Gasteiger partial charge in [0.2, 0.25) is 5.78 Å². The van der Waals surface area contributed by atoms with Crippen molar-refractivity contribution in [3.05, 3.63) is 131 Å². The van der Waals surface area contributed by atoms with Gasteiger partial charge in [-0.1, -0.05) is 125 Å². The van der Waals surface area contributed by atoms with Gasteiger partial charge in [-0.3, -0.25) is 4.79 Å². The number of anilines is 3. The van der Waals surface area contributed by atoms with E-state index < -0.39 is 0 Å². The first-order chi connectivity index (χ1) is 28.5. The number of rotatable bonds is 15. The molecule has 1 aliphatic carbocycles. The van der Waals surface area contributed by atoms with E-state index in [4.69, 9.17) is 14.4 Å². The standard InChI is InChI=1S/C48H48B2N4O4/c1-3-5-7-9-29-57-35-23-19-33(20-24-35)49-51-39-15-11-13-31-17-27-37(45(53-49)41(31)39)43-47(55)44(48(43)56)38-28-18-32-14-12-16-40-42(32)46(38)54-50(52-40)34-21-25-36(26-22-34)58-30-10-8-6-4-2/h11-28,51-53,55H,3-10,29-30H2,1-2H3/b44-38-. The summed E-state index contributed by atoms with van der Waals surface area (Å²) in [6, 6.07) is 36.4. The molecule has 0 unspecified atom stereocenters. The number of hydrogen-bond donors (Lipinski definition) is 4. The summed E-state index contributed by atoms with van der Waals surface area (Å²) in [5.74, 6) is 1.46. The van der Waals surface area contributed by atoms with Gasteiger partial charge in [-0.15, -0.1) is 0 Å². The summed E-state index contributed by atoms with van der Waals surface area (Å²) in [7, 11) is 0. The Morgan fingerprint density at radius 2 is 1.21 bits per heavy atom. The van der Waals surface area contributed by atoms with E-state index in [1.807, 2.05) is 84.9 Å². The van der Waals surface area contributed by atoms with Crippen molar-refractivity contribution in [2.75, 3.05) is 28.9 Å². The molecule has 0 saturated carbocycles. The van der Waals surface area contributed by atoms with Crippen LogP contribution in [0.25, 0.3) is 32.7 Å². The van der Waals surface area contributed by atoms with Gasteiger partial charge in [-0.05, 0) is 70.9 Å². The summed E-state index contributed by atoms with van der Waals surface area (Å²) < 4.78 is 12.0. The summed E-state index contributed by atoms with van der Waals surface area (Å²) >= 11 is 0. The molecule has 10 heteroatoms. The third kappa shape index (κ3) is 7.06. The quantitative estimate of drug-likeness (QED) is 0.0617. The fourth-order valence-electron chi connectivity index (χ4n) is 8.49. The van der Waals surface area contributed by atoms with Crippen molar-refractivity contribution in [2.24, 2.45) is 4.90 Å². The van der Waals surface area contributed by atoms with Crippen molar-refractivity contribution < 1.29 is 19.4 Å². The minimum absolute atomic E-state index is 0.0193. The number of unbranched alkanes of at least 4 members (excludes halogenated alkanes) is 6. The minimum Gasteiger partial charge on any atom is -0.506 e. The molecule has 2 heterocycles. The fraction of sp³-hybridized carbons (Fsp3) is 0.250. The largest absolute Gasteiger partial charge is 0.506 e. The molecular formula is C48H48B2N4O4. The molecular weight excluding hydrogens is 718 g/mol. The zero-order chi connectivity index (χ0) is 39.6. The number of carbonyl (C=O) groups is 1. The third-order valence-electron chi connectivity index (χ3n) is 11.6. The highest BCUT2D eigenvalue weighted by Crippen LogP contribution is 2.45. The molecule has 0 saturated heterocycles. The molecule has 0 radical (unpaired) electrons. The molecule has 2 aliphatic heterocycles. The van der Waals surface area contributed by atoms with Crippen molar-refractivity contribution in [2.45, 2.75) is 65.2 Å². The van der Waals surface area contributed by atoms with E-state index in [2.05, 4.69) is 53.8 Å². The van der Waals surface area contributed by atoms with Gasteiger partial charge in [0.05, 0.1) is 29.7 Å². The normalized spacial score (nSPS) is 15.1. The minimum atomic E-state index is -0.386. The number of benzene rings is 6. The van der Waals surface area contributed by atoms with Gasteiger partial charge in [-0.25, -0.2) is 0 Å². The molecule has 0 bridgehead atoms. The highest BCUT2D eigenvalue weighted by Gasteiger charge is 2.39. The maximum atomic E-state index is 14.5. The zero-order valence-electron chi connectivity index (χ0n) is 33.2. The van der Waals surface area contributed by atoms with Gasteiger partial charge >= 0.3 is 14.0 Å². The van der Waals surface area contributed by atoms with Crippen molar-refractivity contribution in [1.29, 1.82) is 0 Å². The molecule has 0 aromatic heterocycles. The zero-order valence-corrected chi connectivity index (χ0v) is 33.2. The monoisotopic (exact) mass is 766 g/mol. The molecule has 0 spiro atoms. The highest BCUT2D eigenvalue weighted by atomic mass is 16.5. The van der Waals surface area contributed by atoms with Crippen LogP contribution in [0.4, 0.5) is 17.1 Å². The van der Waals surface area contributed by atoms with Crippen LogP contribution < -0.4 is 46.7 Å². The topological polar surface area (TPSA) is 104 Å². The molecule has 0 fully saturated rings. The van der Waals surface area contributed by atoms with Crippen LogP contribution in [0.15, 0.2) is 120 Å². The molecule has 6 aromatic carbocycles. The molecule has 58 heavy (non-hydrogen) atoms. The van der Waals surface area contributed by atoms with Crippen LogP contribution in [0.1, 0.15) is 70.8 Å². The Balaban J connectivity index is 1.05. The molecule has 0 atom stereocenters. The van der Waals surface area contributed by atoms with Gasteiger partial charge in [-0.2, -0.15) is 0 Å². The predicted octanol–water partition coefficient (Wildman–Crippen LogP) is 8.29. The van der Waals surface area contributed by atoms with E-state index in [0.717, 1.165) is 73.9 Å². The van der Waals surface area contributed by atoms with Gasteiger partial charge in [0.25, 0.3) is 0 Å². The van der Waals surface area contributed by atoms with Crippen molar-refractivity contribution in [1.82, 2.24) is 0 Å². The fourth-order valence-corrected chi connectivity index (χ4v) is 8.49. The molecule has 0 amide bonds. The maximum absolute atomic E-state index is 14.5. The van der Waals surface area contributed by atoms with Crippen LogP contribution in [0.2, 0.25) is 0 Å². The number of Topliss-reactive ketones (excluding diaryl/α,β-unsaturated/α-hetero) is 1. The first-order valence-corrected chi connectivity index (χ1v) is 21.0. The van der Waals surface area contributed by atoms with Crippen LogP contribution in [-0.2, 0) is 4.79 Å². The maximum Gasteiger partial charge on any atom is 0.427 e. The average Bonchev–Trinajstić information content (AvgIpc) is 3.26. The number of aliphatic hydroxyl groups excluding tert-OH is 1. The SMILES string of the molecule is CCCCCCOc1ccc(B2N=c3/c(=C4\C(=O)C(c5ccc6cccc7c6c5NB(c5ccc(OCCCCCC)cc5)N7)=C4O)ccc4cccc(c34)N2)cc1. The number of ether oxygens (including phenoxy) is 2. The lowest BCUT2D eigenvalue weighted by atomic mass is 9.65. The first kappa shape index (κ1) is 37.4. The molecule has 3 aliphatic rings. The average molecular weight is 767 g/mol. The van der Waals surface area contributed by atoms with Gasteiger partial charge in [0.15, 0.2) is 0 Å². The van der Waals surface area contributed by atoms with Gasteiger partial charge in [0, 0.05) is 38.6 Å². The number of aliphatic hydroxyl groups is 1. The summed E-state index contributed by atoms with van der Waals surface area (Å²) in [4.78, 5) is 19.7. The van der Waals surface area contributed by atoms with E-state index in [9.17, 15) is 9.90 Å². The van der Waals surface area contributed by atoms with E-state index in [-0.39, 0.29) is 31.1 Å². The van der Waals surface area contributed by atoms with Gasteiger partial charge in [0.1, 0.15) is 17.3 Å². The Bertz CT molecular complexity index is 2680. The lowest BCUT2D eigenvalue weighted by Gasteiger charge is -2.31. The number of hydrogen-bond acceptors (Lipinski definition) is 8. The number of ketones is 1. The van der Waals surface area contributed by atoms with Crippen LogP contribution in [0.5, 0.6) is 11.5 Å². The number of nitrogens with zero attached hydrogens (tertiary/aromatic N) is 1. The molecule has 8 nitrogen and oxygen atoms in total. The summed E-state index contributed by atoms with van der Waals surface area (Å²) in [5, 5.41) is 28.2. The summed E-state index contributed by atoms with van der Waals surface area (Å²) in [5.41, 5.74) is 5.97. The Hall–Kier alpha value is -6.15. The molecule has 9 rings (SSSR count). The predicted molar refractivity (Wildman–Crippen MR) is 240 cm³/mol. The number of carbonyl (C=O) groups excluding carboxylic acids is 1. The van der Waals surface area contributed by atoms with Crippen LogP contribution in [0, 0.1) is 0 Å². The number of nitrogens with one attached hydrogen (secondary N) is 3. The first-order valence-electron chi connectivity index (χ1n) is 21.0. The van der Waals surface area contributed by atoms with Gasteiger partial charge < -0.3 is 35.2 Å². The third-order valence-corrected chi connectivity index (χ3v) is 11.6. The number of allylic oxidation sites excluding steroid dienone is 2. The smallest absolute Gasteiger partial charge is 0.427 e. The second-order valence-electron chi connectivity index (χ2n) is 15.5. The van der Waals surface area contributed by atoms with Crippen molar-refractivity contribution >= 4 is 80.4 Å². The lowest BCUT2D eigenvalue weighted by Crippen LogP contribution is -2.48. The van der Waals surface area contributed by atoms with Crippen molar-refractivity contribution in [3.63, 3.8) is 0 Å². The van der Waals surface area contributed by atoms with Crippen LogP contribution in [-0.4, -0.2) is 38.1 Å². The van der Waals surface area contributed by atoms with E-state index >= 15 is 0 Å². The second kappa shape index (κ2) is 16.4. The van der Waals surface area contributed by atoms with E-state index in [0.29, 0.717) is 34.9 Å². The molecule has 6 aromatic rings. The Morgan fingerprint density at radius 3 is 1.84 bits per heavy atom. The van der Waals surface area contributed by atoms with Crippen LogP contribution in [0.3, 0.4) is 0 Å². The Labute approximate surface area is 340 Å². The van der Waals surface area contributed by atoms with Crippen molar-refractivity contribution in [3.8, 4) is 11.5 Å². The van der Waals surface area contributed by atoms with Crippen LogP contribution >= 0.6 is 0 Å². The molecule has 4 N–H and O–H groups in total. The highest BCUT2D eigenvalue weighted by molar-refractivity contribution is 6.80. The summed E-state index contributed by atoms with van der Waals surface area (Å²) in [6.45, 7) is 5.18. The lowest BCUT2D eigenvalue weighted by molar-refractivity contribution is -0.109.